The maximum atomic E-state index is 13.2. The first-order valence-corrected chi connectivity index (χ1v) is 6.14. The molecule has 2 heterocycles. The van der Waals surface area contributed by atoms with Crippen molar-refractivity contribution >= 4 is 22.6 Å². The van der Waals surface area contributed by atoms with Crippen molar-refractivity contribution < 1.29 is 9.18 Å². The van der Waals surface area contributed by atoms with Gasteiger partial charge in [-0.05, 0) is 30.3 Å². The lowest BCUT2D eigenvalue weighted by Crippen LogP contribution is -2.06. The van der Waals surface area contributed by atoms with Crippen LogP contribution in [0.2, 0.25) is 0 Å². The third-order valence-electron chi connectivity index (χ3n) is 3.02. The van der Waals surface area contributed by atoms with Crippen molar-refractivity contribution in [1.82, 2.24) is 9.97 Å². The van der Waals surface area contributed by atoms with Gasteiger partial charge in [0.05, 0.1) is 0 Å². The molecule has 0 saturated heterocycles. The summed E-state index contributed by atoms with van der Waals surface area (Å²) in [6.07, 6.45) is 3.50. The number of anilines is 1. The third kappa shape index (κ3) is 2.25. The standard InChI is InChI=1S/C15H12FN3O/c1-9(20)19-15-5-2-10(7-18-15)13-8-17-14-6-11(16)3-4-12(13)14/h2-8,17H,1H3,(H,18,19,20). The maximum absolute atomic E-state index is 13.2. The number of hydrogen-bond donors (Lipinski definition) is 2. The monoisotopic (exact) mass is 269 g/mol. The molecule has 1 aromatic carbocycles. The number of nitrogens with one attached hydrogen (secondary N) is 2. The van der Waals surface area contributed by atoms with Gasteiger partial charge >= 0.3 is 0 Å². The molecule has 0 aliphatic carbocycles. The lowest BCUT2D eigenvalue weighted by atomic mass is 10.1. The molecule has 20 heavy (non-hydrogen) atoms. The number of hydrogen-bond acceptors (Lipinski definition) is 2. The van der Waals surface area contributed by atoms with Crippen molar-refractivity contribution in [2.75, 3.05) is 5.32 Å². The largest absolute Gasteiger partial charge is 0.360 e. The zero-order valence-corrected chi connectivity index (χ0v) is 10.8. The molecule has 2 N–H and O–H groups in total. The molecule has 0 spiro atoms. The Morgan fingerprint density at radius 2 is 2.15 bits per heavy atom. The summed E-state index contributed by atoms with van der Waals surface area (Å²) in [5.74, 6) is 0.0741. The van der Waals surface area contributed by atoms with E-state index in [0.29, 0.717) is 5.82 Å². The number of benzene rings is 1. The van der Waals surface area contributed by atoms with Gasteiger partial charge in [-0.15, -0.1) is 0 Å². The first-order valence-electron chi connectivity index (χ1n) is 6.14. The number of H-pyrrole nitrogens is 1. The van der Waals surface area contributed by atoms with Crippen molar-refractivity contribution in [3.63, 3.8) is 0 Å². The summed E-state index contributed by atoms with van der Waals surface area (Å²) in [5.41, 5.74) is 2.59. The van der Waals surface area contributed by atoms with E-state index < -0.39 is 0 Å². The highest BCUT2D eigenvalue weighted by Crippen LogP contribution is 2.28. The number of aromatic amines is 1. The van der Waals surface area contributed by atoms with Gasteiger partial charge in [0.15, 0.2) is 0 Å². The van der Waals surface area contributed by atoms with Crippen molar-refractivity contribution in [1.29, 1.82) is 0 Å². The van der Waals surface area contributed by atoms with Crippen molar-refractivity contribution in [2.24, 2.45) is 0 Å². The number of nitrogens with zero attached hydrogens (tertiary/aromatic N) is 1. The number of rotatable bonds is 2. The molecule has 1 amide bonds. The SMILES string of the molecule is CC(=O)Nc1ccc(-c2c[nH]c3cc(F)ccc23)cn1. The predicted octanol–water partition coefficient (Wildman–Crippen LogP) is 3.33. The van der Waals surface area contributed by atoms with Crippen molar-refractivity contribution in [3.05, 3.63) is 48.5 Å². The van der Waals surface area contributed by atoms with Crippen LogP contribution in [0.4, 0.5) is 10.2 Å². The Balaban J connectivity index is 2.00. The molecule has 5 heteroatoms. The molecule has 100 valence electrons. The Morgan fingerprint density at radius 3 is 2.85 bits per heavy atom. The van der Waals surface area contributed by atoms with Crippen LogP contribution in [0.3, 0.4) is 0 Å². The minimum atomic E-state index is -0.273. The second kappa shape index (κ2) is 4.77. The zero-order chi connectivity index (χ0) is 14.1. The van der Waals surface area contributed by atoms with Crippen LogP contribution in [0.1, 0.15) is 6.92 Å². The van der Waals surface area contributed by atoms with Crippen molar-refractivity contribution in [3.8, 4) is 11.1 Å². The molecule has 0 radical (unpaired) electrons. The fourth-order valence-electron chi connectivity index (χ4n) is 2.14. The molecule has 0 fully saturated rings. The lowest BCUT2D eigenvalue weighted by Gasteiger charge is -2.03. The minimum absolute atomic E-state index is 0.159. The van der Waals surface area contributed by atoms with Gasteiger partial charge in [-0.3, -0.25) is 4.79 Å². The topological polar surface area (TPSA) is 57.8 Å². The van der Waals surface area contributed by atoms with E-state index >= 15 is 0 Å². The summed E-state index contributed by atoms with van der Waals surface area (Å²) < 4.78 is 13.2. The first kappa shape index (κ1) is 12.3. The molecule has 2 aromatic heterocycles. The molecule has 0 aliphatic rings. The highest BCUT2D eigenvalue weighted by Gasteiger charge is 2.07. The number of pyridine rings is 1. The molecule has 0 saturated carbocycles. The third-order valence-corrected chi connectivity index (χ3v) is 3.02. The summed E-state index contributed by atoms with van der Waals surface area (Å²) in [6.45, 7) is 1.43. The summed E-state index contributed by atoms with van der Waals surface area (Å²) in [4.78, 5) is 18.2. The highest BCUT2D eigenvalue weighted by molar-refractivity contribution is 5.95. The minimum Gasteiger partial charge on any atom is -0.360 e. The molecule has 3 aromatic rings. The average Bonchev–Trinajstić information content (AvgIpc) is 2.82. The number of carbonyl (C=O) groups excluding carboxylic acids is 1. The van der Waals surface area contributed by atoms with E-state index in [1.807, 2.05) is 12.3 Å². The maximum Gasteiger partial charge on any atom is 0.222 e. The van der Waals surface area contributed by atoms with Gasteiger partial charge in [0.25, 0.3) is 0 Å². The smallest absolute Gasteiger partial charge is 0.222 e. The number of carbonyl (C=O) groups is 1. The Hall–Kier alpha value is -2.69. The molecule has 4 nitrogen and oxygen atoms in total. The summed E-state index contributed by atoms with van der Waals surface area (Å²) in [6, 6.07) is 8.22. The Morgan fingerprint density at radius 1 is 1.30 bits per heavy atom. The molecule has 3 rings (SSSR count). The highest BCUT2D eigenvalue weighted by atomic mass is 19.1. The van der Waals surface area contributed by atoms with Gasteiger partial charge in [-0.1, -0.05) is 0 Å². The normalized spacial score (nSPS) is 10.7. The van der Waals surface area contributed by atoms with E-state index in [1.54, 1.807) is 18.3 Å². The van der Waals surface area contributed by atoms with Gasteiger partial charge < -0.3 is 10.3 Å². The average molecular weight is 269 g/mol. The van der Waals surface area contributed by atoms with Gasteiger partial charge in [0.1, 0.15) is 11.6 Å². The molecule has 0 aliphatic heterocycles. The Labute approximate surface area is 114 Å². The molecular formula is C15H12FN3O. The van der Waals surface area contributed by atoms with Crippen LogP contribution in [0.25, 0.3) is 22.0 Å². The summed E-state index contributed by atoms with van der Waals surface area (Å²) in [7, 11) is 0. The molecule has 0 atom stereocenters. The van der Waals surface area contributed by atoms with Gasteiger partial charge in [0.2, 0.25) is 5.91 Å². The quantitative estimate of drug-likeness (QED) is 0.749. The zero-order valence-electron chi connectivity index (χ0n) is 10.8. The van der Waals surface area contributed by atoms with E-state index in [-0.39, 0.29) is 11.7 Å². The van der Waals surface area contributed by atoms with E-state index in [9.17, 15) is 9.18 Å². The van der Waals surface area contributed by atoms with Crippen molar-refractivity contribution in [2.45, 2.75) is 6.92 Å². The van der Waals surface area contributed by atoms with Crippen LogP contribution in [0.15, 0.2) is 42.7 Å². The fraction of sp³-hybridized carbons (Fsp3) is 0.0667. The summed E-state index contributed by atoms with van der Waals surface area (Å²) in [5, 5.41) is 3.55. The number of aromatic nitrogens is 2. The number of amides is 1. The number of fused-ring (bicyclic) bond motifs is 1. The van der Waals surface area contributed by atoms with Gasteiger partial charge in [-0.2, -0.15) is 0 Å². The predicted molar refractivity (Wildman–Crippen MR) is 75.8 cm³/mol. The van der Waals surface area contributed by atoms with E-state index in [4.69, 9.17) is 0 Å². The second-order valence-electron chi connectivity index (χ2n) is 4.51. The second-order valence-corrected chi connectivity index (χ2v) is 4.51. The van der Waals surface area contributed by atoms with Crippen LogP contribution in [0, 0.1) is 5.82 Å². The van der Waals surface area contributed by atoms with Gasteiger partial charge in [0, 0.05) is 41.3 Å². The Bertz CT molecular complexity index is 777. The van der Waals surface area contributed by atoms with Crippen LogP contribution in [-0.2, 0) is 4.79 Å². The molecule has 0 unspecified atom stereocenters. The summed E-state index contributed by atoms with van der Waals surface area (Å²) >= 11 is 0. The van der Waals surface area contributed by atoms with Crippen LogP contribution in [0.5, 0.6) is 0 Å². The fourth-order valence-corrected chi connectivity index (χ4v) is 2.14. The van der Waals surface area contributed by atoms with E-state index in [0.717, 1.165) is 22.0 Å². The van der Waals surface area contributed by atoms with Crippen LogP contribution in [-0.4, -0.2) is 15.9 Å². The van der Waals surface area contributed by atoms with Crippen LogP contribution >= 0.6 is 0 Å². The molecule has 0 bridgehead atoms. The lowest BCUT2D eigenvalue weighted by molar-refractivity contribution is -0.114. The first-order chi connectivity index (χ1) is 9.63. The van der Waals surface area contributed by atoms with Crippen LogP contribution < -0.4 is 5.32 Å². The molecular weight excluding hydrogens is 257 g/mol. The van der Waals surface area contributed by atoms with Gasteiger partial charge in [-0.25, -0.2) is 9.37 Å². The number of halogens is 1. The van der Waals surface area contributed by atoms with E-state index in [2.05, 4.69) is 15.3 Å². The Kier molecular flexibility index (Phi) is 2.95. The van der Waals surface area contributed by atoms with E-state index in [1.165, 1.54) is 19.1 Å².